The minimum Gasteiger partial charge on any atom is -0.410 e. The maximum absolute atomic E-state index is 10.2. The molecule has 0 fully saturated rings. The maximum atomic E-state index is 10.2. The molecule has 0 aliphatic carbocycles. The van der Waals surface area contributed by atoms with Crippen LogP contribution in [-0.4, -0.2) is 37.3 Å². The molecular formula is C18H38O3Si. The summed E-state index contributed by atoms with van der Waals surface area (Å²) in [4.78, 5) is 0. The zero-order chi connectivity index (χ0) is 17.7. The number of hydrogen-bond donors (Lipinski definition) is 2. The third-order valence-corrected chi connectivity index (χ3v) is 9.70. The highest BCUT2D eigenvalue weighted by Gasteiger charge is 2.39. The summed E-state index contributed by atoms with van der Waals surface area (Å²) in [5, 5.41) is 19.6. The molecule has 0 heterocycles. The second-order valence-corrected chi connectivity index (χ2v) is 13.2. The summed E-state index contributed by atoms with van der Waals surface area (Å²) in [5.41, 5.74) is 0. The lowest BCUT2D eigenvalue weighted by Gasteiger charge is -2.40. The van der Waals surface area contributed by atoms with Crippen LogP contribution in [0.3, 0.4) is 0 Å². The number of rotatable bonds is 9. The SMILES string of the molecule is C=C[C@@H](O[Si](C)(C)C(C)(C)C)[C@H](C)C[C@H](C)[C@H](O)[C@@H](C)CO. The molecule has 0 spiro atoms. The molecule has 0 saturated heterocycles. The zero-order valence-corrected chi connectivity index (χ0v) is 16.9. The Balaban J connectivity index is 4.80. The smallest absolute Gasteiger partial charge is 0.192 e. The second kappa shape index (κ2) is 8.62. The van der Waals surface area contributed by atoms with Crippen molar-refractivity contribution in [3.05, 3.63) is 12.7 Å². The molecule has 0 unspecified atom stereocenters. The Bertz CT molecular complexity index is 336. The van der Waals surface area contributed by atoms with Crippen LogP contribution in [0.2, 0.25) is 18.1 Å². The van der Waals surface area contributed by atoms with Gasteiger partial charge in [0.2, 0.25) is 0 Å². The van der Waals surface area contributed by atoms with Gasteiger partial charge in [0.25, 0.3) is 0 Å². The third-order valence-electron chi connectivity index (χ3n) is 5.23. The summed E-state index contributed by atoms with van der Waals surface area (Å²) in [6, 6.07) is 0. The molecule has 0 aliphatic heterocycles. The van der Waals surface area contributed by atoms with Crippen molar-refractivity contribution in [2.24, 2.45) is 17.8 Å². The first-order valence-corrected chi connectivity index (χ1v) is 11.4. The van der Waals surface area contributed by atoms with Crippen LogP contribution in [0.25, 0.3) is 0 Å². The number of hydrogen-bond acceptors (Lipinski definition) is 3. The molecule has 0 amide bonds. The van der Waals surface area contributed by atoms with Gasteiger partial charge in [-0.25, -0.2) is 0 Å². The van der Waals surface area contributed by atoms with Crippen molar-refractivity contribution in [2.45, 2.75) is 78.3 Å². The second-order valence-electron chi connectivity index (χ2n) is 8.42. The van der Waals surface area contributed by atoms with Crippen molar-refractivity contribution in [2.75, 3.05) is 6.61 Å². The quantitative estimate of drug-likeness (QED) is 0.492. The van der Waals surface area contributed by atoms with Gasteiger partial charge in [-0.15, -0.1) is 6.58 Å². The monoisotopic (exact) mass is 330 g/mol. The van der Waals surface area contributed by atoms with Gasteiger partial charge in [-0.3, -0.25) is 0 Å². The van der Waals surface area contributed by atoms with Crippen LogP contribution in [-0.2, 0) is 4.43 Å². The van der Waals surface area contributed by atoms with E-state index in [0.717, 1.165) is 6.42 Å². The highest BCUT2D eigenvalue weighted by atomic mass is 28.4. The molecule has 0 aromatic heterocycles. The van der Waals surface area contributed by atoms with Crippen molar-refractivity contribution in [1.82, 2.24) is 0 Å². The molecule has 0 aliphatic rings. The van der Waals surface area contributed by atoms with Crippen molar-refractivity contribution < 1.29 is 14.6 Å². The Morgan fingerprint density at radius 3 is 1.95 bits per heavy atom. The van der Waals surface area contributed by atoms with Crippen molar-refractivity contribution in [3.8, 4) is 0 Å². The molecule has 5 atom stereocenters. The Hall–Kier alpha value is -0.163. The number of aliphatic hydroxyl groups excluding tert-OH is 2. The lowest BCUT2D eigenvalue weighted by atomic mass is 9.85. The molecule has 0 bridgehead atoms. The van der Waals surface area contributed by atoms with Gasteiger partial charge in [0.05, 0.1) is 12.2 Å². The van der Waals surface area contributed by atoms with Crippen molar-refractivity contribution in [3.63, 3.8) is 0 Å². The summed E-state index contributed by atoms with van der Waals surface area (Å²) in [6.45, 7) is 21.3. The summed E-state index contributed by atoms with van der Waals surface area (Å²) < 4.78 is 6.47. The molecule has 3 nitrogen and oxygen atoms in total. The summed E-state index contributed by atoms with van der Waals surface area (Å²) in [7, 11) is -1.83. The minimum absolute atomic E-state index is 0.0139. The van der Waals surface area contributed by atoms with Gasteiger partial charge in [-0.05, 0) is 36.4 Å². The van der Waals surface area contributed by atoms with Crippen LogP contribution in [0.1, 0.15) is 48.0 Å². The van der Waals surface area contributed by atoms with Crippen LogP contribution in [0, 0.1) is 17.8 Å². The average molecular weight is 331 g/mol. The third kappa shape index (κ3) is 6.15. The van der Waals surface area contributed by atoms with E-state index in [1.165, 1.54) is 0 Å². The molecule has 0 aromatic rings. The minimum atomic E-state index is -1.83. The van der Waals surface area contributed by atoms with E-state index in [0.29, 0.717) is 5.92 Å². The highest BCUT2D eigenvalue weighted by Crippen LogP contribution is 2.38. The Morgan fingerprint density at radius 2 is 1.59 bits per heavy atom. The van der Waals surface area contributed by atoms with E-state index in [2.05, 4.69) is 47.4 Å². The molecule has 0 radical (unpaired) electrons. The van der Waals surface area contributed by atoms with Gasteiger partial charge in [-0.2, -0.15) is 0 Å². The fraction of sp³-hybridized carbons (Fsp3) is 0.889. The van der Waals surface area contributed by atoms with E-state index in [4.69, 9.17) is 4.43 Å². The lowest BCUT2D eigenvalue weighted by Crippen LogP contribution is -2.45. The first kappa shape index (κ1) is 21.8. The van der Waals surface area contributed by atoms with E-state index >= 15 is 0 Å². The van der Waals surface area contributed by atoms with Gasteiger partial charge in [0.1, 0.15) is 0 Å². The van der Waals surface area contributed by atoms with Crippen LogP contribution in [0.5, 0.6) is 0 Å². The van der Waals surface area contributed by atoms with Gasteiger partial charge < -0.3 is 14.6 Å². The first-order chi connectivity index (χ1) is 9.87. The molecule has 0 saturated carbocycles. The molecule has 2 N–H and O–H groups in total. The lowest BCUT2D eigenvalue weighted by molar-refractivity contribution is 0.0222. The van der Waals surface area contributed by atoms with E-state index in [1.807, 2.05) is 19.9 Å². The van der Waals surface area contributed by atoms with Crippen LogP contribution >= 0.6 is 0 Å². The van der Waals surface area contributed by atoms with Gasteiger partial charge in [-0.1, -0.05) is 47.6 Å². The largest absolute Gasteiger partial charge is 0.410 e. The Morgan fingerprint density at radius 1 is 1.09 bits per heavy atom. The molecule has 22 heavy (non-hydrogen) atoms. The highest BCUT2D eigenvalue weighted by molar-refractivity contribution is 6.74. The topological polar surface area (TPSA) is 49.7 Å². The van der Waals surface area contributed by atoms with Crippen LogP contribution in [0.15, 0.2) is 12.7 Å². The molecule has 132 valence electrons. The Labute approximate surface area is 138 Å². The molecule has 0 aromatic carbocycles. The van der Waals surface area contributed by atoms with Crippen LogP contribution in [0.4, 0.5) is 0 Å². The normalized spacial score (nSPS) is 20.1. The van der Waals surface area contributed by atoms with Crippen LogP contribution < -0.4 is 0 Å². The van der Waals surface area contributed by atoms with E-state index in [9.17, 15) is 10.2 Å². The summed E-state index contributed by atoms with van der Waals surface area (Å²) >= 11 is 0. The summed E-state index contributed by atoms with van der Waals surface area (Å²) in [5.74, 6) is 0.329. The molecular weight excluding hydrogens is 292 g/mol. The van der Waals surface area contributed by atoms with Gasteiger partial charge in [0.15, 0.2) is 8.32 Å². The molecule has 0 rings (SSSR count). The first-order valence-electron chi connectivity index (χ1n) is 8.46. The van der Waals surface area contributed by atoms with Gasteiger partial charge in [0, 0.05) is 12.5 Å². The van der Waals surface area contributed by atoms with Crippen molar-refractivity contribution in [1.29, 1.82) is 0 Å². The zero-order valence-electron chi connectivity index (χ0n) is 15.9. The predicted octanol–water partition coefficient (Wildman–Crippen LogP) is 4.21. The fourth-order valence-corrected chi connectivity index (χ4v) is 3.80. The molecule has 4 heteroatoms. The predicted molar refractivity (Wildman–Crippen MR) is 97.5 cm³/mol. The van der Waals surface area contributed by atoms with Gasteiger partial charge >= 0.3 is 0 Å². The maximum Gasteiger partial charge on any atom is 0.192 e. The summed E-state index contributed by atoms with van der Waals surface area (Å²) in [6.07, 6.45) is 2.29. The Kier molecular flexibility index (Phi) is 8.56. The van der Waals surface area contributed by atoms with E-state index < -0.39 is 14.4 Å². The standard InChI is InChI=1S/C18H38O3Si/c1-10-16(21-22(8,9)18(5,6)7)13(2)11-14(3)17(20)15(4)12-19/h10,13-17,19-20H,1,11-12H2,2-9H3/t13-,14+,15+,16-,17+/m1/s1. The van der Waals surface area contributed by atoms with E-state index in [-0.39, 0.29) is 29.6 Å². The van der Waals surface area contributed by atoms with E-state index in [1.54, 1.807) is 0 Å². The number of aliphatic hydroxyl groups is 2. The van der Waals surface area contributed by atoms with Crippen molar-refractivity contribution >= 4 is 8.32 Å². The average Bonchev–Trinajstić information content (AvgIpc) is 2.41. The fourth-order valence-electron chi connectivity index (χ4n) is 2.44.